The van der Waals surface area contributed by atoms with Crippen LogP contribution in [0.2, 0.25) is 0 Å². The summed E-state index contributed by atoms with van der Waals surface area (Å²) in [6.45, 7) is 6.37. The summed E-state index contributed by atoms with van der Waals surface area (Å²) in [5.41, 5.74) is 0.143. The van der Waals surface area contributed by atoms with Crippen molar-refractivity contribution in [1.29, 1.82) is 0 Å². The molecule has 0 aliphatic carbocycles. The number of carboxylic acid groups (broad SMARTS) is 1. The van der Waals surface area contributed by atoms with Crippen molar-refractivity contribution in [3.63, 3.8) is 0 Å². The molecule has 0 aliphatic rings. The van der Waals surface area contributed by atoms with E-state index < -0.39 is 5.97 Å². The van der Waals surface area contributed by atoms with E-state index in [0.29, 0.717) is 0 Å². The lowest BCUT2D eigenvalue weighted by atomic mass is 9.87. The summed E-state index contributed by atoms with van der Waals surface area (Å²) in [7, 11) is 0. The van der Waals surface area contributed by atoms with Gasteiger partial charge < -0.3 is 5.11 Å². The summed E-state index contributed by atoms with van der Waals surface area (Å²) < 4.78 is 0. The molecule has 0 unspecified atom stereocenters. The van der Waals surface area contributed by atoms with Crippen molar-refractivity contribution in [3.8, 4) is 0 Å². The molecule has 70 valence electrons. The number of rotatable bonds is 5. The van der Waals surface area contributed by atoms with Crippen LogP contribution in [0.25, 0.3) is 0 Å². The van der Waals surface area contributed by atoms with Gasteiger partial charge in [-0.3, -0.25) is 4.79 Å². The molecule has 12 heavy (non-hydrogen) atoms. The van der Waals surface area contributed by atoms with E-state index in [2.05, 4.69) is 20.8 Å². The largest absolute Gasteiger partial charge is 0.481 e. The third-order valence-corrected chi connectivity index (χ3v) is 1.76. The molecule has 0 spiro atoms. The van der Waals surface area contributed by atoms with Crippen LogP contribution >= 0.6 is 0 Å². The zero-order valence-electron chi connectivity index (χ0n) is 8.13. The molecule has 0 aromatic heterocycles. The van der Waals surface area contributed by atoms with Gasteiger partial charge in [0.25, 0.3) is 0 Å². The van der Waals surface area contributed by atoms with E-state index in [0.717, 1.165) is 12.8 Å². The summed E-state index contributed by atoms with van der Waals surface area (Å²) in [4.78, 5) is 10.2. The monoisotopic (exact) mass is 170 g/mol. The standard InChI is InChI=1S/C10H18O2/c1-4-7-10(2,3)8-5-6-9(11)12/h5,8H,4,6-7H2,1-3H3,(H,11,12)/b8-5+. The molecule has 0 atom stereocenters. The van der Waals surface area contributed by atoms with Crippen LogP contribution in [0.4, 0.5) is 0 Å². The normalized spacial score (nSPS) is 12.2. The van der Waals surface area contributed by atoms with Crippen LogP contribution in [-0.2, 0) is 4.79 Å². The van der Waals surface area contributed by atoms with Crippen molar-refractivity contribution in [1.82, 2.24) is 0 Å². The molecule has 1 N–H and O–H groups in total. The van der Waals surface area contributed by atoms with Gasteiger partial charge in [-0.2, -0.15) is 0 Å². The Labute approximate surface area is 74.3 Å². The highest BCUT2D eigenvalue weighted by Gasteiger charge is 2.11. The van der Waals surface area contributed by atoms with Crippen LogP contribution in [0, 0.1) is 5.41 Å². The first-order valence-corrected chi connectivity index (χ1v) is 4.37. The molecular weight excluding hydrogens is 152 g/mol. The first kappa shape index (κ1) is 11.2. The van der Waals surface area contributed by atoms with Crippen molar-refractivity contribution in [2.75, 3.05) is 0 Å². The van der Waals surface area contributed by atoms with Crippen molar-refractivity contribution in [2.45, 2.75) is 40.0 Å². The first-order chi connectivity index (χ1) is 5.48. The second-order valence-electron chi connectivity index (χ2n) is 3.74. The second-order valence-corrected chi connectivity index (χ2v) is 3.74. The number of carbonyl (C=O) groups is 1. The predicted molar refractivity (Wildman–Crippen MR) is 50.1 cm³/mol. The van der Waals surface area contributed by atoms with Gasteiger partial charge in [0.15, 0.2) is 0 Å². The Hall–Kier alpha value is -0.790. The van der Waals surface area contributed by atoms with Gasteiger partial charge in [-0.05, 0) is 11.8 Å². The average Bonchev–Trinajstić information content (AvgIpc) is 1.85. The molecule has 0 heterocycles. The summed E-state index contributed by atoms with van der Waals surface area (Å²) in [5.74, 6) is -0.765. The number of hydrogen-bond acceptors (Lipinski definition) is 1. The maximum absolute atomic E-state index is 10.2. The minimum Gasteiger partial charge on any atom is -0.481 e. The molecule has 0 aromatic carbocycles. The Balaban J connectivity index is 3.86. The fourth-order valence-corrected chi connectivity index (χ4v) is 1.21. The van der Waals surface area contributed by atoms with E-state index in [-0.39, 0.29) is 11.8 Å². The molecule has 2 nitrogen and oxygen atoms in total. The smallest absolute Gasteiger partial charge is 0.307 e. The maximum atomic E-state index is 10.2. The third kappa shape index (κ3) is 5.96. The topological polar surface area (TPSA) is 37.3 Å². The zero-order valence-corrected chi connectivity index (χ0v) is 8.13. The fourth-order valence-electron chi connectivity index (χ4n) is 1.21. The fraction of sp³-hybridized carbons (Fsp3) is 0.700. The molecule has 0 fully saturated rings. The molecular formula is C10H18O2. The Kier molecular flexibility index (Phi) is 4.64. The first-order valence-electron chi connectivity index (χ1n) is 4.37. The third-order valence-electron chi connectivity index (χ3n) is 1.76. The van der Waals surface area contributed by atoms with Crippen LogP contribution in [0.3, 0.4) is 0 Å². The number of allylic oxidation sites excluding steroid dienone is 1. The van der Waals surface area contributed by atoms with Crippen LogP contribution in [0.5, 0.6) is 0 Å². The molecule has 0 saturated carbocycles. The Morgan fingerprint density at radius 2 is 2.08 bits per heavy atom. The van der Waals surface area contributed by atoms with Crippen LogP contribution < -0.4 is 0 Å². The molecule has 0 bridgehead atoms. The van der Waals surface area contributed by atoms with Gasteiger partial charge in [0.1, 0.15) is 0 Å². The zero-order chi connectivity index (χ0) is 9.61. The molecule has 0 aromatic rings. The van der Waals surface area contributed by atoms with Gasteiger partial charge in [0.2, 0.25) is 0 Å². The molecule has 0 radical (unpaired) electrons. The maximum Gasteiger partial charge on any atom is 0.307 e. The van der Waals surface area contributed by atoms with E-state index >= 15 is 0 Å². The average molecular weight is 170 g/mol. The molecule has 0 amide bonds. The highest BCUT2D eigenvalue weighted by molar-refractivity contribution is 5.68. The van der Waals surface area contributed by atoms with Crippen molar-refractivity contribution in [2.24, 2.45) is 5.41 Å². The van der Waals surface area contributed by atoms with Gasteiger partial charge in [-0.25, -0.2) is 0 Å². The van der Waals surface area contributed by atoms with Crippen molar-refractivity contribution in [3.05, 3.63) is 12.2 Å². The predicted octanol–water partition coefficient (Wildman–Crippen LogP) is 2.84. The van der Waals surface area contributed by atoms with E-state index in [9.17, 15) is 4.79 Å². The highest BCUT2D eigenvalue weighted by atomic mass is 16.4. The highest BCUT2D eigenvalue weighted by Crippen LogP contribution is 2.23. The summed E-state index contributed by atoms with van der Waals surface area (Å²) >= 11 is 0. The lowest BCUT2D eigenvalue weighted by Crippen LogP contribution is -2.06. The van der Waals surface area contributed by atoms with Crippen LogP contribution in [0.1, 0.15) is 40.0 Å². The molecule has 0 saturated heterocycles. The van der Waals surface area contributed by atoms with Crippen molar-refractivity contribution < 1.29 is 9.90 Å². The van der Waals surface area contributed by atoms with Gasteiger partial charge in [0.05, 0.1) is 6.42 Å². The number of hydrogen-bond donors (Lipinski definition) is 1. The lowest BCUT2D eigenvalue weighted by molar-refractivity contribution is -0.136. The summed E-state index contributed by atoms with van der Waals surface area (Å²) in [5, 5.41) is 8.39. The number of carboxylic acids is 1. The Bertz CT molecular complexity index is 169. The van der Waals surface area contributed by atoms with Gasteiger partial charge in [-0.15, -0.1) is 0 Å². The Morgan fingerprint density at radius 3 is 2.50 bits per heavy atom. The minimum atomic E-state index is -0.765. The molecule has 0 rings (SSSR count). The van der Waals surface area contributed by atoms with Crippen LogP contribution in [-0.4, -0.2) is 11.1 Å². The van der Waals surface area contributed by atoms with Crippen LogP contribution in [0.15, 0.2) is 12.2 Å². The SMILES string of the molecule is CCCC(C)(C)/C=C/CC(=O)O. The van der Waals surface area contributed by atoms with E-state index in [1.165, 1.54) is 0 Å². The van der Waals surface area contributed by atoms with Gasteiger partial charge in [-0.1, -0.05) is 39.3 Å². The lowest BCUT2D eigenvalue weighted by Gasteiger charge is -2.18. The molecule has 2 heteroatoms. The minimum absolute atomic E-state index is 0.132. The summed E-state index contributed by atoms with van der Waals surface area (Å²) in [6, 6.07) is 0. The van der Waals surface area contributed by atoms with Gasteiger partial charge >= 0.3 is 5.97 Å². The van der Waals surface area contributed by atoms with E-state index in [1.807, 2.05) is 6.08 Å². The van der Waals surface area contributed by atoms with Gasteiger partial charge in [0, 0.05) is 0 Å². The van der Waals surface area contributed by atoms with E-state index in [1.54, 1.807) is 6.08 Å². The number of aliphatic carboxylic acids is 1. The quantitative estimate of drug-likeness (QED) is 0.644. The molecule has 0 aliphatic heterocycles. The Morgan fingerprint density at radius 1 is 1.50 bits per heavy atom. The second kappa shape index (κ2) is 4.96. The van der Waals surface area contributed by atoms with Crippen molar-refractivity contribution >= 4 is 5.97 Å². The van der Waals surface area contributed by atoms with E-state index in [4.69, 9.17) is 5.11 Å². The summed E-state index contributed by atoms with van der Waals surface area (Å²) in [6.07, 6.45) is 6.09.